The monoisotopic (exact) mass is 409 g/mol. The maximum Gasteiger partial charge on any atom is 0.258 e. The van der Waals surface area contributed by atoms with Crippen LogP contribution in [0.2, 0.25) is 0 Å². The first-order chi connectivity index (χ1) is 14.6. The van der Waals surface area contributed by atoms with Crippen LogP contribution in [0.4, 0.5) is 0 Å². The van der Waals surface area contributed by atoms with Gasteiger partial charge in [0.1, 0.15) is 11.6 Å². The summed E-state index contributed by atoms with van der Waals surface area (Å²) >= 11 is 0. The summed E-state index contributed by atoms with van der Waals surface area (Å²) in [6.45, 7) is 8.55. The standard InChI is InChI=1S/C21H27N7O2/c1-14-12-16(19-15(2)25-30-20(19)22-14)21(29)27-10-8-26(9-11-27)13-18-24-23-17-6-4-3-5-7-28(17)18/h12H,3-11,13H2,1-2H3. The lowest BCUT2D eigenvalue weighted by Gasteiger charge is -2.34. The number of nitrogens with zero attached hydrogens (tertiary/aromatic N) is 7. The maximum atomic E-state index is 13.3. The molecular weight excluding hydrogens is 382 g/mol. The first-order valence-electron chi connectivity index (χ1n) is 10.8. The van der Waals surface area contributed by atoms with Crippen molar-refractivity contribution in [2.75, 3.05) is 26.2 Å². The lowest BCUT2D eigenvalue weighted by molar-refractivity contribution is 0.0625. The van der Waals surface area contributed by atoms with E-state index in [0.717, 1.165) is 55.3 Å². The molecule has 0 atom stereocenters. The third kappa shape index (κ3) is 3.47. The van der Waals surface area contributed by atoms with Gasteiger partial charge < -0.3 is 14.0 Å². The molecule has 1 amide bonds. The number of carbonyl (C=O) groups is 1. The highest BCUT2D eigenvalue weighted by Crippen LogP contribution is 2.24. The van der Waals surface area contributed by atoms with Gasteiger partial charge in [0, 0.05) is 44.8 Å². The molecule has 9 nitrogen and oxygen atoms in total. The lowest BCUT2D eigenvalue weighted by atomic mass is 10.1. The lowest BCUT2D eigenvalue weighted by Crippen LogP contribution is -2.48. The summed E-state index contributed by atoms with van der Waals surface area (Å²) in [5.74, 6) is 2.20. The third-order valence-corrected chi connectivity index (χ3v) is 6.19. The molecule has 0 aliphatic carbocycles. The van der Waals surface area contributed by atoms with E-state index in [0.29, 0.717) is 30.1 Å². The van der Waals surface area contributed by atoms with E-state index < -0.39 is 0 Å². The van der Waals surface area contributed by atoms with Crippen LogP contribution in [0.15, 0.2) is 10.6 Å². The molecule has 5 rings (SSSR count). The summed E-state index contributed by atoms with van der Waals surface area (Å²) in [4.78, 5) is 21.9. The van der Waals surface area contributed by atoms with Gasteiger partial charge in [0.25, 0.3) is 11.6 Å². The van der Waals surface area contributed by atoms with E-state index in [1.165, 1.54) is 19.3 Å². The predicted octanol–water partition coefficient (Wildman–Crippen LogP) is 2.12. The van der Waals surface area contributed by atoms with Gasteiger partial charge >= 0.3 is 0 Å². The topological polar surface area (TPSA) is 93.2 Å². The molecule has 1 saturated heterocycles. The molecule has 30 heavy (non-hydrogen) atoms. The van der Waals surface area contributed by atoms with Crippen LogP contribution >= 0.6 is 0 Å². The SMILES string of the molecule is Cc1cc(C(=O)N2CCN(Cc3nnc4n3CCCCC4)CC2)c2c(C)noc2n1. The van der Waals surface area contributed by atoms with Gasteiger partial charge in [-0.3, -0.25) is 9.69 Å². The zero-order valence-electron chi connectivity index (χ0n) is 17.6. The molecule has 0 spiro atoms. The molecule has 0 unspecified atom stereocenters. The summed E-state index contributed by atoms with van der Waals surface area (Å²) in [5, 5.41) is 13.6. The highest BCUT2D eigenvalue weighted by Gasteiger charge is 2.27. The van der Waals surface area contributed by atoms with Gasteiger partial charge in [0.2, 0.25) is 0 Å². The number of fused-ring (bicyclic) bond motifs is 2. The first-order valence-corrected chi connectivity index (χ1v) is 10.8. The molecular formula is C21H27N7O2. The normalized spacial score (nSPS) is 17.9. The van der Waals surface area contributed by atoms with Crippen molar-refractivity contribution in [3.05, 3.63) is 34.7 Å². The van der Waals surface area contributed by atoms with Crippen molar-refractivity contribution in [3.8, 4) is 0 Å². The molecule has 1 fully saturated rings. The van der Waals surface area contributed by atoms with Gasteiger partial charge in [-0.1, -0.05) is 11.6 Å². The number of rotatable bonds is 3. The number of carbonyl (C=O) groups excluding carboxylic acids is 1. The molecule has 9 heteroatoms. The molecule has 3 aromatic rings. The van der Waals surface area contributed by atoms with Crippen molar-refractivity contribution in [3.63, 3.8) is 0 Å². The molecule has 2 aliphatic rings. The minimum Gasteiger partial charge on any atom is -0.336 e. The minimum atomic E-state index is 0.0211. The second kappa shape index (κ2) is 7.79. The van der Waals surface area contributed by atoms with Crippen LogP contribution in [0, 0.1) is 13.8 Å². The molecule has 0 radical (unpaired) electrons. The van der Waals surface area contributed by atoms with Crippen LogP contribution in [0.1, 0.15) is 52.7 Å². The Balaban J connectivity index is 1.27. The van der Waals surface area contributed by atoms with Crippen molar-refractivity contribution in [2.45, 2.75) is 52.6 Å². The Hall–Kier alpha value is -2.81. The fourth-order valence-corrected chi connectivity index (χ4v) is 4.53. The summed E-state index contributed by atoms with van der Waals surface area (Å²) in [6.07, 6.45) is 4.68. The first kappa shape index (κ1) is 19.2. The number of aromatic nitrogens is 5. The van der Waals surface area contributed by atoms with E-state index in [2.05, 4.69) is 29.8 Å². The number of hydrogen-bond acceptors (Lipinski definition) is 7. The fraction of sp³-hybridized carbons (Fsp3) is 0.571. The Morgan fingerprint density at radius 3 is 2.73 bits per heavy atom. The van der Waals surface area contributed by atoms with E-state index in [1.807, 2.05) is 24.8 Å². The molecule has 0 bridgehead atoms. The van der Waals surface area contributed by atoms with Gasteiger partial charge in [0.15, 0.2) is 0 Å². The van der Waals surface area contributed by atoms with Crippen molar-refractivity contribution < 1.29 is 9.32 Å². The second-order valence-electron chi connectivity index (χ2n) is 8.32. The van der Waals surface area contributed by atoms with Crippen molar-refractivity contribution in [1.29, 1.82) is 0 Å². The molecule has 5 heterocycles. The predicted molar refractivity (Wildman–Crippen MR) is 110 cm³/mol. The molecule has 0 saturated carbocycles. The zero-order chi connectivity index (χ0) is 20.7. The molecule has 3 aromatic heterocycles. The van der Waals surface area contributed by atoms with Crippen molar-refractivity contribution in [1.82, 2.24) is 34.7 Å². The Morgan fingerprint density at radius 2 is 1.90 bits per heavy atom. The van der Waals surface area contributed by atoms with Gasteiger partial charge in [-0.2, -0.15) is 0 Å². The van der Waals surface area contributed by atoms with Crippen LogP contribution in [0.3, 0.4) is 0 Å². The summed E-state index contributed by atoms with van der Waals surface area (Å²) in [6, 6.07) is 1.84. The van der Waals surface area contributed by atoms with E-state index in [1.54, 1.807) is 0 Å². The minimum absolute atomic E-state index is 0.0211. The van der Waals surface area contributed by atoms with Crippen LogP contribution in [-0.2, 0) is 19.5 Å². The van der Waals surface area contributed by atoms with Crippen molar-refractivity contribution in [2.24, 2.45) is 0 Å². The van der Waals surface area contributed by atoms with Gasteiger partial charge in [-0.15, -0.1) is 10.2 Å². The Kier molecular flexibility index (Phi) is 4.98. The summed E-state index contributed by atoms with van der Waals surface area (Å²) in [7, 11) is 0. The van der Waals surface area contributed by atoms with Gasteiger partial charge in [-0.05, 0) is 32.8 Å². The van der Waals surface area contributed by atoms with E-state index >= 15 is 0 Å². The van der Waals surface area contributed by atoms with Crippen molar-refractivity contribution >= 4 is 17.0 Å². The number of hydrogen-bond donors (Lipinski definition) is 0. The average Bonchev–Trinajstić information content (AvgIpc) is 3.21. The zero-order valence-corrected chi connectivity index (χ0v) is 17.6. The highest BCUT2D eigenvalue weighted by molar-refractivity contribution is 6.06. The Bertz CT molecular complexity index is 1080. The maximum absolute atomic E-state index is 13.3. The smallest absolute Gasteiger partial charge is 0.258 e. The molecule has 0 aromatic carbocycles. The third-order valence-electron chi connectivity index (χ3n) is 6.19. The van der Waals surface area contributed by atoms with E-state index in [-0.39, 0.29) is 5.91 Å². The van der Waals surface area contributed by atoms with Gasteiger partial charge in [0.05, 0.1) is 23.2 Å². The number of piperazine rings is 1. The molecule has 2 aliphatic heterocycles. The average molecular weight is 409 g/mol. The van der Waals surface area contributed by atoms with Crippen LogP contribution in [-0.4, -0.2) is 66.8 Å². The number of aryl methyl sites for hydroxylation is 3. The van der Waals surface area contributed by atoms with Crippen LogP contribution in [0.25, 0.3) is 11.1 Å². The number of pyridine rings is 1. The fourth-order valence-electron chi connectivity index (χ4n) is 4.53. The van der Waals surface area contributed by atoms with Gasteiger partial charge in [-0.25, -0.2) is 4.98 Å². The second-order valence-corrected chi connectivity index (χ2v) is 8.32. The highest BCUT2D eigenvalue weighted by atomic mass is 16.5. The van der Waals surface area contributed by atoms with Crippen LogP contribution < -0.4 is 0 Å². The molecule has 0 N–H and O–H groups in total. The Morgan fingerprint density at radius 1 is 1.07 bits per heavy atom. The number of amides is 1. The quantitative estimate of drug-likeness (QED) is 0.654. The van der Waals surface area contributed by atoms with E-state index in [9.17, 15) is 4.79 Å². The Labute approximate surface area is 175 Å². The van der Waals surface area contributed by atoms with Crippen LogP contribution in [0.5, 0.6) is 0 Å². The molecule has 158 valence electrons. The summed E-state index contributed by atoms with van der Waals surface area (Å²) in [5.41, 5.74) is 2.52. The largest absolute Gasteiger partial charge is 0.336 e. The van der Waals surface area contributed by atoms with E-state index in [4.69, 9.17) is 4.52 Å². The summed E-state index contributed by atoms with van der Waals surface area (Å²) < 4.78 is 7.58.